The minimum atomic E-state index is -0.736. The van der Waals surface area contributed by atoms with Gasteiger partial charge in [0.15, 0.2) is 0 Å². The van der Waals surface area contributed by atoms with Gasteiger partial charge in [-0.1, -0.05) is 30.7 Å². The molecule has 2 N–H and O–H groups in total. The summed E-state index contributed by atoms with van der Waals surface area (Å²) in [6.45, 7) is 3.94. The standard InChI is InChI=1S/C21H26FNO3/c1-16-6-9-18(14-23-12-4-2-3-5-21(24)25)20(13-16)26-15-17-7-10-19(22)11-8-17/h6-11,13,23H,2-5,12,14-15H2,1H3,(H,24,25). The number of carbonyl (C=O) groups is 1. The van der Waals surface area contributed by atoms with Crippen LogP contribution in [0.2, 0.25) is 0 Å². The van der Waals surface area contributed by atoms with Crippen LogP contribution in [0.3, 0.4) is 0 Å². The average Bonchev–Trinajstić information content (AvgIpc) is 2.61. The smallest absolute Gasteiger partial charge is 0.303 e. The van der Waals surface area contributed by atoms with Gasteiger partial charge in [0, 0.05) is 18.5 Å². The van der Waals surface area contributed by atoms with Crippen LogP contribution in [0.1, 0.15) is 42.4 Å². The number of hydrogen-bond acceptors (Lipinski definition) is 3. The van der Waals surface area contributed by atoms with Crippen LogP contribution in [0.4, 0.5) is 4.39 Å². The Morgan fingerprint density at radius 1 is 1.12 bits per heavy atom. The van der Waals surface area contributed by atoms with E-state index in [2.05, 4.69) is 11.4 Å². The SMILES string of the molecule is Cc1ccc(CNCCCCCC(=O)O)c(OCc2ccc(F)cc2)c1. The monoisotopic (exact) mass is 359 g/mol. The molecule has 5 heteroatoms. The zero-order valence-electron chi connectivity index (χ0n) is 15.1. The lowest BCUT2D eigenvalue weighted by atomic mass is 10.1. The van der Waals surface area contributed by atoms with Gasteiger partial charge in [-0.3, -0.25) is 4.79 Å². The Kier molecular flexibility index (Phi) is 8.09. The fourth-order valence-corrected chi connectivity index (χ4v) is 2.61. The van der Waals surface area contributed by atoms with E-state index >= 15 is 0 Å². The Morgan fingerprint density at radius 3 is 2.62 bits per heavy atom. The molecule has 0 aliphatic carbocycles. The van der Waals surface area contributed by atoms with E-state index in [-0.39, 0.29) is 12.2 Å². The second-order valence-electron chi connectivity index (χ2n) is 6.41. The predicted molar refractivity (Wildman–Crippen MR) is 99.7 cm³/mol. The van der Waals surface area contributed by atoms with Crippen molar-refractivity contribution in [3.63, 3.8) is 0 Å². The van der Waals surface area contributed by atoms with Crippen LogP contribution >= 0.6 is 0 Å². The molecule has 0 amide bonds. The highest BCUT2D eigenvalue weighted by atomic mass is 19.1. The summed E-state index contributed by atoms with van der Waals surface area (Å²) in [5, 5.41) is 12.0. The highest BCUT2D eigenvalue weighted by Crippen LogP contribution is 2.21. The first kappa shape index (κ1) is 19.9. The molecule has 140 valence electrons. The number of nitrogens with one attached hydrogen (secondary N) is 1. The quantitative estimate of drug-likeness (QED) is 0.582. The summed E-state index contributed by atoms with van der Waals surface area (Å²) in [6, 6.07) is 12.4. The van der Waals surface area contributed by atoms with E-state index in [1.54, 1.807) is 12.1 Å². The van der Waals surface area contributed by atoms with Crippen molar-refractivity contribution in [2.24, 2.45) is 0 Å². The largest absolute Gasteiger partial charge is 0.489 e. The lowest BCUT2D eigenvalue weighted by Gasteiger charge is -2.13. The second kappa shape index (κ2) is 10.6. The molecule has 0 saturated heterocycles. The van der Waals surface area contributed by atoms with Crippen molar-refractivity contribution in [3.05, 3.63) is 65.0 Å². The van der Waals surface area contributed by atoms with E-state index in [0.717, 1.165) is 41.8 Å². The van der Waals surface area contributed by atoms with Crippen LogP contribution < -0.4 is 10.1 Å². The van der Waals surface area contributed by atoms with Crippen LogP contribution in [0.15, 0.2) is 42.5 Å². The van der Waals surface area contributed by atoms with Gasteiger partial charge in [0.2, 0.25) is 0 Å². The highest BCUT2D eigenvalue weighted by Gasteiger charge is 2.05. The van der Waals surface area contributed by atoms with Crippen molar-refractivity contribution < 1.29 is 19.0 Å². The summed E-state index contributed by atoms with van der Waals surface area (Å²) in [7, 11) is 0. The molecule has 0 radical (unpaired) electrons. The van der Waals surface area contributed by atoms with Gasteiger partial charge in [-0.15, -0.1) is 0 Å². The lowest BCUT2D eigenvalue weighted by molar-refractivity contribution is -0.137. The number of aliphatic carboxylic acids is 1. The highest BCUT2D eigenvalue weighted by molar-refractivity contribution is 5.66. The number of carboxylic acid groups (broad SMARTS) is 1. The van der Waals surface area contributed by atoms with Gasteiger partial charge >= 0.3 is 5.97 Å². The van der Waals surface area contributed by atoms with Crippen LogP contribution in [0, 0.1) is 12.7 Å². The van der Waals surface area contributed by atoms with E-state index in [0.29, 0.717) is 19.6 Å². The molecule has 0 saturated carbocycles. The molecule has 2 aromatic carbocycles. The molecule has 4 nitrogen and oxygen atoms in total. The van der Waals surface area contributed by atoms with Gasteiger partial charge < -0.3 is 15.2 Å². The van der Waals surface area contributed by atoms with E-state index < -0.39 is 5.97 Å². The Balaban J connectivity index is 1.80. The molecule has 0 fully saturated rings. The Labute approximate surface area is 154 Å². The van der Waals surface area contributed by atoms with E-state index in [1.165, 1.54) is 12.1 Å². The third-order valence-electron chi connectivity index (χ3n) is 4.09. The first-order valence-electron chi connectivity index (χ1n) is 8.94. The Bertz CT molecular complexity index is 701. The molecular weight excluding hydrogens is 333 g/mol. The molecule has 0 bridgehead atoms. The molecule has 0 heterocycles. The predicted octanol–water partition coefficient (Wildman–Crippen LogP) is 4.45. The zero-order valence-corrected chi connectivity index (χ0v) is 15.1. The maximum absolute atomic E-state index is 13.0. The zero-order chi connectivity index (χ0) is 18.8. The van der Waals surface area contributed by atoms with Crippen LogP contribution in [-0.2, 0) is 17.9 Å². The minimum absolute atomic E-state index is 0.235. The number of rotatable bonds is 11. The lowest BCUT2D eigenvalue weighted by Crippen LogP contribution is -2.15. The van der Waals surface area contributed by atoms with Gasteiger partial charge in [-0.05, 0) is 55.6 Å². The van der Waals surface area contributed by atoms with Gasteiger partial charge in [0.05, 0.1) is 0 Å². The molecule has 0 unspecified atom stereocenters. The maximum Gasteiger partial charge on any atom is 0.303 e. The summed E-state index contributed by atoms with van der Waals surface area (Å²) in [6.07, 6.45) is 2.80. The summed E-state index contributed by atoms with van der Waals surface area (Å²) in [5.74, 6) is -0.161. The van der Waals surface area contributed by atoms with Crippen molar-refractivity contribution in [2.75, 3.05) is 6.54 Å². The van der Waals surface area contributed by atoms with Gasteiger partial charge in [0.25, 0.3) is 0 Å². The first-order chi connectivity index (χ1) is 12.5. The Morgan fingerprint density at radius 2 is 1.88 bits per heavy atom. The van der Waals surface area contributed by atoms with E-state index in [9.17, 15) is 9.18 Å². The topological polar surface area (TPSA) is 58.6 Å². The third kappa shape index (κ3) is 7.23. The van der Waals surface area contributed by atoms with E-state index in [4.69, 9.17) is 9.84 Å². The maximum atomic E-state index is 13.0. The average molecular weight is 359 g/mol. The minimum Gasteiger partial charge on any atom is -0.489 e. The van der Waals surface area contributed by atoms with Gasteiger partial charge in [-0.25, -0.2) is 4.39 Å². The fraction of sp³-hybridized carbons (Fsp3) is 0.381. The van der Waals surface area contributed by atoms with Crippen LogP contribution in [-0.4, -0.2) is 17.6 Å². The van der Waals surface area contributed by atoms with Crippen molar-refractivity contribution in [1.82, 2.24) is 5.32 Å². The molecular formula is C21H26FNO3. The summed E-state index contributed by atoms with van der Waals surface area (Å²) in [5.41, 5.74) is 3.12. The normalized spacial score (nSPS) is 10.7. The van der Waals surface area contributed by atoms with Gasteiger partial charge in [0.1, 0.15) is 18.2 Å². The number of halogens is 1. The fourth-order valence-electron chi connectivity index (χ4n) is 2.61. The van der Waals surface area contributed by atoms with Crippen LogP contribution in [0.5, 0.6) is 5.75 Å². The number of aryl methyl sites for hydroxylation is 1. The number of hydrogen-bond donors (Lipinski definition) is 2. The summed E-state index contributed by atoms with van der Waals surface area (Å²) in [4.78, 5) is 10.5. The first-order valence-corrected chi connectivity index (χ1v) is 8.94. The van der Waals surface area contributed by atoms with Crippen LogP contribution in [0.25, 0.3) is 0 Å². The summed E-state index contributed by atoms with van der Waals surface area (Å²) < 4.78 is 18.9. The molecule has 2 rings (SSSR count). The number of carboxylic acids is 1. The van der Waals surface area contributed by atoms with Gasteiger partial charge in [-0.2, -0.15) is 0 Å². The van der Waals surface area contributed by atoms with E-state index in [1.807, 2.05) is 19.1 Å². The molecule has 0 spiro atoms. The molecule has 0 aromatic heterocycles. The Hall–Kier alpha value is -2.40. The number of benzene rings is 2. The van der Waals surface area contributed by atoms with Crippen molar-refractivity contribution in [1.29, 1.82) is 0 Å². The van der Waals surface area contributed by atoms with Crippen molar-refractivity contribution in [3.8, 4) is 5.75 Å². The molecule has 0 aliphatic rings. The number of ether oxygens (including phenoxy) is 1. The summed E-state index contributed by atoms with van der Waals surface area (Å²) >= 11 is 0. The second-order valence-corrected chi connectivity index (χ2v) is 6.41. The molecule has 2 aromatic rings. The molecule has 26 heavy (non-hydrogen) atoms. The third-order valence-corrected chi connectivity index (χ3v) is 4.09. The van der Waals surface area contributed by atoms with Crippen molar-refractivity contribution >= 4 is 5.97 Å². The van der Waals surface area contributed by atoms with Crippen molar-refractivity contribution in [2.45, 2.75) is 45.8 Å². The number of unbranched alkanes of at least 4 members (excludes halogenated alkanes) is 2. The molecule has 0 atom stereocenters. The molecule has 0 aliphatic heterocycles.